The Kier molecular flexibility index (Phi) is 15.6. The maximum Gasteiger partial charge on any atom is 0.291 e. The van der Waals surface area contributed by atoms with Gasteiger partial charge in [0.25, 0.3) is 11.8 Å². The van der Waals surface area contributed by atoms with E-state index in [-0.39, 0.29) is 18.2 Å². The van der Waals surface area contributed by atoms with E-state index < -0.39 is 11.8 Å². The van der Waals surface area contributed by atoms with E-state index in [4.69, 9.17) is 34.6 Å². The van der Waals surface area contributed by atoms with Gasteiger partial charge in [-0.3, -0.25) is 9.59 Å². The molecular weight excluding hydrogens is 813 g/mol. The van der Waals surface area contributed by atoms with Crippen LogP contribution in [0.4, 0.5) is 0 Å². The number of amides is 2. The molecule has 13 nitrogen and oxygen atoms in total. The Morgan fingerprint density at radius 1 is 0.585 bits per heavy atom. The molecule has 1 aliphatic heterocycles. The van der Waals surface area contributed by atoms with Gasteiger partial charge in [-0.05, 0) is 86.8 Å². The SMILES string of the molecule is CCCC1=C(CCC)c2nc1nc1[nH]c(nc(C(=O)N(C)C)nc(C(=O)N(C)Cc3ccc(OCC4C[C@@H]5C=C[C@H]4C5)cc3)nc3[nH]c(n2)c(CCC)c3CCC)c(CCC)c1CCC. The highest BCUT2D eigenvalue weighted by molar-refractivity contribution is 5.94. The van der Waals surface area contributed by atoms with Gasteiger partial charge in [0.15, 0.2) is 11.6 Å². The molecule has 4 aromatic rings. The van der Waals surface area contributed by atoms with Crippen molar-refractivity contribution in [2.45, 2.75) is 138 Å². The Morgan fingerprint density at radius 3 is 1.49 bits per heavy atom. The summed E-state index contributed by atoms with van der Waals surface area (Å²) < 4.78 is 6.24. The lowest BCUT2D eigenvalue weighted by molar-refractivity contribution is 0.0771. The third-order valence-electron chi connectivity index (χ3n) is 12.9. The smallest absolute Gasteiger partial charge is 0.291 e. The largest absolute Gasteiger partial charge is 0.493 e. The Hall–Kier alpha value is -5.72. The van der Waals surface area contributed by atoms with Crippen molar-refractivity contribution in [3.05, 3.63) is 87.5 Å². The lowest BCUT2D eigenvalue weighted by Crippen LogP contribution is -2.29. The Balaban J connectivity index is 1.44. The van der Waals surface area contributed by atoms with Gasteiger partial charge in [0.1, 0.15) is 28.3 Å². The molecule has 0 radical (unpaired) electrons. The number of aromatic amines is 2. The molecular formula is C52H70N10O3. The summed E-state index contributed by atoms with van der Waals surface area (Å²) >= 11 is 0. The molecule has 7 rings (SSSR count). The predicted molar refractivity (Wildman–Crippen MR) is 259 cm³/mol. The molecule has 1 aromatic carbocycles. The van der Waals surface area contributed by atoms with Gasteiger partial charge in [0.05, 0.1) is 6.61 Å². The van der Waals surface area contributed by atoms with Gasteiger partial charge in [0, 0.05) is 61.1 Å². The van der Waals surface area contributed by atoms with E-state index in [0.717, 1.165) is 109 Å². The number of nitrogens with one attached hydrogen (secondary N) is 2. The van der Waals surface area contributed by atoms with E-state index in [1.54, 1.807) is 26.0 Å². The van der Waals surface area contributed by atoms with Gasteiger partial charge in [-0.2, -0.15) is 4.98 Å². The summed E-state index contributed by atoms with van der Waals surface area (Å²) in [5.74, 6) is 2.79. The van der Waals surface area contributed by atoms with E-state index in [9.17, 15) is 9.59 Å². The van der Waals surface area contributed by atoms with Crippen LogP contribution in [0.15, 0.2) is 36.4 Å². The highest BCUT2D eigenvalue weighted by atomic mass is 16.5. The van der Waals surface area contributed by atoms with Gasteiger partial charge in [-0.25, -0.2) is 24.9 Å². The van der Waals surface area contributed by atoms with Crippen molar-refractivity contribution in [1.29, 1.82) is 0 Å². The molecule has 346 valence electrons. The number of fused-ring (bicyclic) bond motifs is 8. The number of benzene rings is 1. The van der Waals surface area contributed by atoms with Crippen molar-refractivity contribution in [3.8, 4) is 5.75 Å². The summed E-state index contributed by atoms with van der Waals surface area (Å²) in [5, 5.41) is 0. The first-order valence-corrected chi connectivity index (χ1v) is 24.4. The summed E-state index contributed by atoms with van der Waals surface area (Å²) in [5.41, 5.74) is 9.50. The first-order chi connectivity index (χ1) is 31.5. The minimum Gasteiger partial charge on any atom is -0.493 e. The highest BCUT2D eigenvalue weighted by Crippen LogP contribution is 2.43. The van der Waals surface area contributed by atoms with Gasteiger partial charge in [-0.15, -0.1) is 0 Å². The van der Waals surface area contributed by atoms with Gasteiger partial charge >= 0.3 is 0 Å². The van der Waals surface area contributed by atoms with Crippen LogP contribution >= 0.6 is 0 Å². The molecule has 4 heterocycles. The summed E-state index contributed by atoms with van der Waals surface area (Å²) in [6, 6.07) is 7.93. The molecule has 2 N–H and O–H groups in total. The minimum absolute atomic E-state index is 0.156. The second-order valence-electron chi connectivity index (χ2n) is 18.3. The van der Waals surface area contributed by atoms with Gasteiger partial charge < -0.3 is 24.5 Å². The number of carbonyl (C=O) groups excluding carboxylic acids is 2. The van der Waals surface area contributed by atoms with E-state index in [1.807, 2.05) is 24.3 Å². The molecule has 0 saturated heterocycles. The number of carbonyl (C=O) groups is 2. The zero-order valence-corrected chi connectivity index (χ0v) is 40.3. The fraction of sp³-hybridized carbons (Fsp3) is 0.538. The fourth-order valence-electron chi connectivity index (χ4n) is 9.73. The van der Waals surface area contributed by atoms with E-state index >= 15 is 0 Å². The molecule has 1 saturated carbocycles. The molecule has 2 aliphatic carbocycles. The van der Waals surface area contributed by atoms with Crippen LogP contribution in [0, 0.1) is 17.8 Å². The standard InChI is InChI=1S/C52H70N10O3/c1-10-16-37-38(17-11-2)44-53-43(37)54-45-39(18-12-3)41(20-14-5)47(56-45)58-49(51(63)61(7)8)60-50(59-48-42(21-15-6)40(19-13-4)46(55-44)57-48)52(64)62(9)30-32-23-26-36(27-24-32)65-31-35-29-33-22-25-34(35)28-33/h22-27,33-35H,10-21,28-31H2,1-9H3,(H2,53,54,55,56,57,58,59,60)/t33-,34+,35?/m1/s1. The van der Waals surface area contributed by atoms with Gasteiger partial charge in [-0.1, -0.05) is 104 Å². The van der Waals surface area contributed by atoms with Crippen LogP contribution in [0.3, 0.4) is 0 Å². The van der Waals surface area contributed by atoms with Crippen molar-refractivity contribution in [3.63, 3.8) is 0 Å². The van der Waals surface area contributed by atoms with Crippen LogP contribution in [0.25, 0.3) is 33.7 Å². The molecule has 65 heavy (non-hydrogen) atoms. The van der Waals surface area contributed by atoms with E-state index in [1.165, 1.54) is 17.7 Å². The van der Waals surface area contributed by atoms with Crippen LogP contribution in [0.1, 0.15) is 166 Å². The van der Waals surface area contributed by atoms with Crippen molar-refractivity contribution in [2.24, 2.45) is 17.8 Å². The monoisotopic (exact) mass is 883 g/mol. The van der Waals surface area contributed by atoms with E-state index in [2.05, 4.69) is 63.7 Å². The molecule has 1 unspecified atom stereocenters. The van der Waals surface area contributed by atoms with Crippen LogP contribution < -0.4 is 4.74 Å². The van der Waals surface area contributed by atoms with Crippen molar-refractivity contribution in [1.82, 2.24) is 49.7 Å². The van der Waals surface area contributed by atoms with E-state index in [0.29, 0.717) is 71.4 Å². The third kappa shape index (κ3) is 10.5. The van der Waals surface area contributed by atoms with Crippen LogP contribution in [0.5, 0.6) is 5.75 Å². The molecule has 1 fully saturated rings. The molecule has 3 atom stereocenters. The first-order valence-electron chi connectivity index (χ1n) is 24.4. The molecule has 0 spiro atoms. The number of hydrogen-bond acceptors (Lipinski definition) is 9. The molecule has 8 bridgehead atoms. The topological polar surface area (TPSA) is 159 Å². The molecule has 3 aromatic heterocycles. The Labute approximate surface area is 385 Å². The number of aromatic nitrogens is 8. The highest BCUT2D eigenvalue weighted by Gasteiger charge is 2.36. The van der Waals surface area contributed by atoms with Crippen LogP contribution in [-0.2, 0) is 32.2 Å². The Bertz CT molecular complexity index is 2570. The summed E-state index contributed by atoms with van der Waals surface area (Å²) in [4.78, 5) is 70.1. The average molecular weight is 883 g/mol. The first kappa shape index (κ1) is 47.2. The molecule has 2 amide bonds. The number of hydrogen-bond donors (Lipinski definition) is 2. The summed E-state index contributed by atoms with van der Waals surface area (Å²) in [6.07, 6.45) is 17.0. The number of H-pyrrole nitrogens is 2. The second-order valence-corrected chi connectivity index (χ2v) is 18.3. The maximum atomic E-state index is 14.9. The second kappa shape index (κ2) is 21.5. The Morgan fingerprint density at radius 2 is 1.06 bits per heavy atom. The number of aryl methyl sites for hydroxylation is 4. The fourth-order valence-corrected chi connectivity index (χ4v) is 9.73. The average Bonchev–Trinajstić information content (AvgIpc) is 4.12. The minimum atomic E-state index is -0.460. The number of allylic oxidation sites excluding steroid dienone is 4. The van der Waals surface area contributed by atoms with Crippen molar-refractivity contribution in [2.75, 3.05) is 27.7 Å². The van der Waals surface area contributed by atoms with Crippen LogP contribution in [-0.4, -0.2) is 89.2 Å². The zero-order chi connectivity index (χ0) is 46.2. The normalized spacial score (nSPS) is 17.0. The molecule has 13 heteroatoms. The lowest BCUT2D eigenvalue weighted by atomic mass is 9.95. The zero-order valence-electron chi connectivity index (χ0n) is 40.3. The van der Waals surface area contributed by atoms with Crippen LogP contribution in [0.2, 0.25) is 0 Å². The van der Waals surface area contributed by atoms with Crippen molar-refractivity contribution >= 4 is 45.5 Å². The third-order valence-corrected chi connectivity index (χ3v) is 12.9. The number of nitrogens with zero attached hydrogens (tertiary/aromatic N) is 8. The maximum absolute atomic E-state index is 14.9. The molecule has 3 aliphatic rings. The lowest BCUT2D eigenvalue weighted by Gasteiger charge is -2.19. The number of ether oxygens (including phenoxy) is 1. The predicted octanol–water partition coefficient (Wildman–Crippen LogP) is 10.5. The summed E-state index contributed by atoms with van der Waals surface area (Å²) in [7, 11) is 5.06. The summed E-state index contributed by atoms with van der Waals surface area (Å²) in [6.45, 7) is 13.9. The van der Waals surface area contributed by atoms with Gasteiger partial charge in [0.2, 0.25) is 11.6 Å². The number of rotatable bonds is 19. The van der Waals surface area contributed by atoms with Crippen molar-refractivity contribution < 1.29 is 14.3 Å². The quantitative estimate of drug-likeness (QED) is 0.0874.